The molecule has 0 heterocycles. The van der Waals surface area contributed by atoms with Gasteiger partial charge in [0.15, 0.2) is 0 Å². The Labute approximate surface area is 148 Å². The van der Waals surface area contributed by atoms with Gasteiger partial charge >= 0.3 is 0 Å². The van der Waals surface area contributed by atoms with E-state index in [9.17, 15) is 4.79 Å². The van der Waals surface area contributed by atoms with Gasteiger partial charge in [0.1, 0.15) is 5.75 Å². The van der Waals surface area contributed by atoms with Crippen LogP contribution in [0.5, 0.6) is 5.75 Å². The van der Waals surface area contributed by atoms with Crippen molar-refractivity contribution in [3.05, 3.63) is 59.7 Å². The molecule has 130 valence electrons. The largest absolute Gasteiger partial charge is 0.497 e. The summed E-state index contributed by atoms with van der Waals surface area (Å²) < 4.78 is 5.11. The highest BCUT2D eigenvalue weighted by atomic mass is 16.5. The predicted octanol–water partition coefficient (Wildman–Crippen LogP) is 3.35. The highest BCUT2D eigenvalue weighted by Gasteiger charge is 2.13. The van der Waals surface area contributed by atoms with Crippen LogP contribution in [0.4, 0.5) is 5.69 Å². The summed E-state index contributed by atoms with van der Waals surface area (Å²) in [4.78, 5) is 12.1. The van der Waals surface area contributed by atoms with E-state index in [0.29, 0.717) is 0 Å². The number of anilines is 1. The van der Waals surface area contributed by atoms with E-state index in [2.05, 4.69) is 34.0 Å². The van der Waals surface area contributed by atoms with E-state index in [4.69, 9.17) is 4.74 Å². The van der Waals surface area contributed by atoms with Gasteiger partial charge in [0, 0.05) is 11.3 Å². The van der Waals surface area contributed by atoms with Crippen molar-refractivity contribution in [3.63, 3.8) is 0 Å². The molecule has 0 unspecified atom stereocenters. The first kappa shape index (κ1) is 17.0. The minimum Gasteiger partial charge on any atom is -0.497 e. The molecule has 0 fully saturated rings. The van der Waals surface area contributed by atoms with Gasteiger partial charge in [-0.05, 0) is 55.5 Å². The number of rotatable bonds is 5. The lowest BCUT2D eigenvalue weighted by molar-refractivity contribution is -0.119. The van der Waals surface area contributed by atoms with E-state index in [0.717, 1.165) is 48.4 Å². The molecule has 1 aliphatic rings. The Morgan fingerprint density at radius 2 is 1.84 bits per heavy atom. The number of benzene rings is 2. The maximum atomic E-state index is 12.1. The molecule has 5 nitrogen and oxygen atoms in total. The lowest BCUT2D eigenvalue weighted by Crippen LogP contribution is -2.27. The van der Waals surface area contributed by atoms with Crippen molar-refractivity contribution in [2.24, 2.45) is 5.10 Å². The third-order valence-corrected chi connectivity index (χ3v) is 4.30. The standard InChI is InChI=1S/C20H23N3O2/c1-25-17-12-10-16(11-13-17)21-14-20(24)23-22-19-9-5-3-7-15-6-2-4-8-18(15)19/h2,4,6,8,10-13,21H,3,5,7,9,14H2,1H3,(H,23,24)/b22-19-. The minimum atomic E-state index is -0.162. The number of aryl methyl sites for hydroxylation is 1. The first-order valence-corrected chi connectivity index (χ1v) is 8.58. The van der Waals surface area contributed by atoms with E-state index < -0.39 is 0 Å². The van der Waals surface area contributed by atoms with Crippen LogP contribution in [0.1, 0.15) is 30.4 Å². The molecule has 0 saturated carbocycles. The SMILES string of the molecule is COc1ccc(NCC(=O)N/N=C2/CCCCc3ccccc32)cc1. The Bertz CT molecular complexity index is 754. The molecule has 2 aromatic carbocycles. The molecular weight excluding hydrogens is 314 g/mol. The molecule has 3 rings (SSSR count). The van der Waals surface area contributed by atoms with Gasteiger partial charge in [-0.3, -0.25) is 4.79 Å². The molecule has 0 atom stereocenters. The first-order chi connectivity index (χ1) is 12.3. The van der Waals surface area contributed by atoms with Crippen LogP contribution in [0.3, 0.4) is 0 Å². The molecule has 0 bridgehead atoms. The van der Waals surface area contributed by atoms with Crippen molar-refractivity contribution in [1.29, 1.82) is 0 Å². The number of hydrogen-bond donors (Lipinski definition) is 2. The lowest BCUT2D eigenvalue weighted by Gasteiger charge is -2.09. The fraction of sp³-hybridized carbons (Fsp3) is 0.300. The zero-order valence-corrected chi connectivity index (χ0v) is 14.4. The van der Waals surface area contributed by atoms with Crippen molar-refractivity contribution in [2.45, 2.75) is 25.7 Å². The average Bonchev–Trinajstić information content (AvgIpc) is 2.87. The summed E-state index contributed by atoms with van der Waals surface area (Å²) in [5.41, 5.74) is 6.97. The van der Waals surface area contributed by atoms with Gasteiger partial charge in [0.25, 0.3) is 5.91 Å². The fourth-order valence-electron chi connectivity index (χ4n) is 2.94. The first-order valence-electron chi connectivity index (χ1n) is 8.58. The zero-order valence-electron chi connectivity index (χ0n) is 14.4. The summed E-state index contributed by atoms with van der Waals surface area (Å²) in [5.74, 6) is 0.624. The van der Waals surface area contributed by atoms with E-state index in [-0.39, 0.29) is 12.5 Å². The number of fused-ring (bicyclic) bond motifs is 1. The van der Waals surface area contributed by atoms with Gasteiger partial charge in [-0.1, -0.05) is 24.3 Å². The minimum absolute atomic E-state index is 0.162. The van der Waals surface area contributed by atoms with Crippen LogP contribution in [0.15, 0.2) is 53.6 Å². The maximum Gasteiger partial charge on any atom is 0.259 e. The number of nitrogens with one attached hydrogen (secondary N) is 2. The molecule has 25 heavy (non-hydrogen) atoms. The Morgan fingerprint density at radius 3 is 2.64 bits per heavy atom. The van der Waals surface area contributed by atoms with Gasteiger partial charge in [-0.25, -0.2) is 5.43 Å². The lowest BCUT2D eigenvalue weighted by atomic mass is 10.0. The molecule has 2 aromatic rings. The third kappa shape index (κ3) is 4.59. The second kappa shape index (κ2) is 8.33. The van der Waals surface area contributed by atoms with Gasteiger partial charge in [0.2, 0.25) is 0 Å². The molecule has 2 N–H and O–H groups in total. The average molecular weight is 337 g/mol. The van der Waals surface area contributed by atoms with Gasteiger partial charge in [0.05, 0.1) is 19.4 Å². The number of ether oxygens (including phenoxy) is 1. The summed E-state index contributed by atoms with van der Waals surface area (Å²) in [7, 11) is 1.63. The number of nitrogens with zero attached hydrogens (tertiary/aromatic N) is 1. The Kier molecular flexibility index (Phi) is 5.67. The van der Waals surface area contributed by atoms with Crippen LogP contribution < -0.4 is 15.5 Å². The topological polar surface area (TPSA) is 62.7 Å². The number of carbonyl (C=O) groups excluding carboxylic acids is 1. The molecule has 0 radical (unpaired) electrons. The molecule has 0 aromatic heterocycles. The summed E-state index contributed by atoms with van der Waals surface area (Å²) >= 11 is 0. The summed E-state index contributed by atoms with van der Waals surface area (Å²) in [6.45, 7) is 0.171. The van der Waals surface area contributed by atoms with Gasteiger partial charge < -0.3 is 10.1 Å². The maximum absolute atomic E-state index is 12.1. The highest BCUT2D eigenvalue weighted by Crippen LogP contribution is 2.20. The molecule has 0 spiro atoms. The third-order valence-electron chi connectivity index (χ3n) is 4.30. The van der Waals surface area contributed by atoms with Crippen LogP contribution in [0, 0.1) is 0 Å². The summed E-state index contributed by atoms with van der Waals surface area (Å²) in [6, 6.07) is 15.8. The number of methoxy groups -OCH3 is 1. The zero-order chi connectivity index (χ0) is 17.5. The molecule has 1 aliphatic carbocycles. The molecule has 0 saturated heterocycles. The van der Waals surface area contributed by atoms with Gasteiger partial charge in [-0.15, -0.1) is 0 Å². The Morgan fingerprint density at radius 1 is 1.08 bits per heavy atom. The smallest absolute Gasteiger partial charge is 0.259 e. The van der Waals surface area contributed by atoms with Crippen LogP contribution in [-0.4, -0.2) is 25.3 Å². The number of hydrogen-bond acceptors (Lipinski definition) is 4. The van der Waals surface area contributed by atoms with Crippen LogP contribution in [0.25, 0.3) is 0 Å². The highest BCUT2D eigenvalue weighted by molar-refractivity contribution is 6.02. The van der Waals surface area contributed by atoms with Crippen molar-refractivity contribution < 1.29 is 9.53 Å². The second-order valence-electron chi connectivity index (χ2n) is 6.04. The van der Waals surface area contributed by atoms with Crippen molar-refractivity contribution in [2.75, 3.05) is 19.0 Å². The fourth-order valence-corrected chi connectivity index (χ4v) is 2.94. The summed E-state index contributed by atoms with van der Waals surface area (Å²) in [5, 5.41) is 7.46. The molecule has 0 aliphatic heterocycles. The summed E-state index contributed by atoms with van der Waals surface area (Å²) in [6.07, 6.45) is 4.21. The van der Waals surface area contributed by atoms with E-state index in [1.165, 1.54) is 5.56 Å². The second-order valence-corrected chi connectivity index (χ2v) is 6.04. The van der Waals surface area contributed by atoms with Crippen LogP contribution in [-0.2, 0) is 11.2 Å². The number of hydrazone groups is 1. The predicted molar refractivity (Wildman–Crippen MR) is 100 cm³/mol. The number of amides is 1. The van der Waals surface area contributed by atoms with E-state index in [1.807, 2.05) is 30.3 Å². The van der Waals surface area contributed by atoms with Crippen molar-refractivity contribution >= 4 is 17.3 Å². The Hall–Kier alpha value is -2.82. The molecule has 5 heteroatoms. The van der Waals surface area contributed by atoms with Crippen LogP contribution in [0.2, 0.25) is 0 Å². The monoisotopic (exact) mass is 337 g/mol. The Balaban J connectivity index is 1.58. The van der Waals surface area contributed by atoms with E-state index >= 15 is 0 Å². The quantitative estimate of drug-likeness (QED) is 0.650. The number of carbonyl (C=O) groups is 1. The molecule has 1 amide bonds. The molecular formula is C20H23N3O2. The van der Waals surface area contributed by atoms with Crippen LogP contribution >= 0.6 is 0 Å². The van der Waals surface area contributed by atoms with Gasteiger partial charge in [-0.2, -0.15) is 5.10 Å². The van der Waals surface area contributed by atoms with E-state index in [1.54, 1.807) is 7.11 Å². The normalized spacial score (nSPS) is 15.2. The van der Waals surface area contributed by atoms with Crippen molar-refractivity contribution in [3.8, 4) is 5.75 Å². The van der Waals surface area contributed by atoms with Crippen molar-refractivity contribution in [1.82, 2.24) is 5.43 Å².